The molecule has 0 aliphatic rings. The zero-order valence-electron chi connectivity index (χ0n) is 17.1. The molecular formula is C24H14ClF5N4. The van der Waals surface area contributed by atoms with Crippen LogP contribution in [-0.2, 0) is 12.7 Å². The van der Waals surface area contributed by atoms with Gasteiger partial charge in [0.05, 0.1) is 27.4 Å². The maximum absolute atomic E-state index is 14.0. The van der Waals surface area contributed by atoms with Gasteiger partial charge in [0.2, 0.25) is 0 Å². The molecule has 3 aromatic carbocycles. The van der Waals surface area contributed by atoms with E-state index < -0.39 is 28.9 Å². The molecule has 10 heteroatoms. The Hall–Kier alpha value is -3.90. The molecule has 0 saturated carbocycles. The number of nitriles is 1. The van der Waals surface area contributed by atoms with Gasteiger partial charge in [0, 0.05) is 35.1 Å². The summed E-state index contributed by atoms with van der Waals surface area (Å²) in [4.78, 5) is 3.87. The van der Waals surface area contributed by atoms with Crippen molar-refractivity contribution in [1.29, 1.82) is 5.26 Å². The van der Waals surface area contributed by atoms with Crippen LogP contribution in [0.1, 0.15) is 16.7 Å². The average molecular weight is 489 g/mol. The molecule has 0 bridgehead atoms. The Kier molecular flexibility index (Phi) is 6.26. The predicted molar refractivity (Wildman–Crippen MR) is 120 cm³/mol. The Balaban J connectivity index is 1.86. The molecule has 0 aliphatic carbocycles. The third-order valence-electron chi connectivity index (χ3n) is 5.03. The monoisotopic (exact) mass is 488 g/mol. The van der Waals surface area contributed by atoms with Gasteiger partial charge in [-0.25, -0.2) is 8.78 Å². The molecule has 4 aromatic rings. The number of nitrogens with one attached hydrogen (secondary N) is 2. The lowest BCUT2D eigenvalue weighted by atomic mass is 10.0. The zero-order valence-corrected chi connectivity index (χ0v) is 17.9. The highest BCUT2D eigenvalue weighted by molar-refractivity contribution is 6.31. The molecule has 0 atom stereocenters. The number of aromatic nitrogens is 1. The van der Waals surface area contributed by atoms with Crippen LogP contribution in [0, 0.1) is 23.0 Å². The van der Waals surface area contributed by atoms with Crippen LogP contribution in [-0.4, -0.2) is 4.98 Å². The van der Waals surface area contributed by atoms with Gasteiger partial charge < -0.3 is 10.6 Å². The third-order valence-corrected chi connectivity index (χ3v) is 5.32. The highest BCUT2D eigenvalue weighted by atomic mass is 35.5. The Morgan fingerprint density at radius 1 is 0.971 bits per heavy atom. The molecule has 0 unspecified atom stereocenters. The van der Waals surface area contributed by atoms with E-state index >= 15 is 0 Å². The zero-order chi connectivity index (χ0) is 24.5. The topological polar surface area (TPSA) is 60.7 Å². The van der Waals surface area contributed by atoms with Crippen molar-refractivity contribution in [1.82, 2.24) is 4.98 Å². The molecule has 1 aromatic heterocycles. The molecule has 0 aliphatic heterocycles. The molecule has 34 heavy (non-hydrogen) atoms. The second kappa shape index (κ2) is 9.15. The summed E-state index contributed by atoms with van der Waals surface area (Å²) in [6.45, 7) is -0.0722. The van der Waals surface area contributed by atoms with Crippen LogP contribution in [0.15, 0.2) is 60.8 Å². The molecule has 2 N–H and O–H groups in total. The lowest BCUT2D eigenvalue weighted by Crippen LogP contribution is -2.10. The number of pyridine rings is 1. The van der Waals surface area contributed by atoms with Crippen molar-refractivity contribution in [3.8, 4) is 6.07 Å². The molecule has 4 nitrogen and oxygen atoms in total. The number of anilines is 3. The summed E-state index contributed by atoms with van der Waals surface area (Å²) in [5, 5.41) is 15.0. The quantitative estimate of drug-likeness (QED) is 0.287. The third kappa shape index (κ3) is 4.72. The van der Waals surface area contributed by atoms with E-state index in [0.717, 1.165) is 18.3 Å². The Morgan fingerprint density at radius 2 is 1.74 bits per heavy atom. The number of fused-ring (bicyclic) bond motifs is 1. The summed E-state index contributed by atoms with van der Waals surface area (Å²) in [5.74, 6) is -1.18. The van der Waals surface area contributed by atoms with Crippen LogP contribution in [0.2, 0.25) is 5.02 Å². The van der Waals surface area contributed by atoms with E-state index in [1.807, 2.05) is 6.07 Å². The molecule has 0 saturated heterocycles. The van der Waals surface area contributed by atoms with E-state index in [1.54, 1.807) is 6.07 Å². The molecule has 0 spiro atoms. The minimum Gasteiger partial charge on any atom is -0.381 e. The van der Waals surface area contributed by atoms with Crippen LogP contribution in [0.5, 0.6) is 0 Å². The van der Waals surface area contributed by atoms with Crippen molar-refractivity contribution in [3.05, 3.63) is 94.1 Å². The first-order chi connectivity index (χ1) is 16.2. The summed E-state index contributed by atoms with van der Waals surface area (Å²) in [6, 6.07) is 13.7. The van der Waals surface area contributed by atoms with Crippen LogP contribution >= 0.6 is 11.6 Å². The van der Waals surface area contributed by atoms with E-state index in [2.05, 4.69) is 15.6 Å². The molecule has 172 valence electrons. The fraction of sp³-hybridized carbons (Fsp3) is 0.0833. The van der Waals surface area contributed by atoms with Gasteiger partial charge in [-0.3, -0.25) is 4.98 Å². The van der Waals surface area contributed by atoms with Crippen LogP contribution < -0.4 is 10.6 Å². The first kappa shape index (κ1) is 23.3. The standard InChI is InChI=1S/C24H14ClF5N4/c25-19-9-15(5-6-21(19)27)34-22-14(10-31)12-33-23-17(22)7-16(8-18(23)24(28,29)30)32-11-13-3-1-2-4-20(13)26/h1-9,12,32H,11H2,(H,33,34). The normalized spacial score (nSPS) is 11.3. The number of benzene rings is 3. The number of rotatable bonds is 5. The maximum Gasteiger partial charge on any atom is 0.418 e. The molecule has 0 radical (unpaired) electrons. The van der Waals surface area contributed by atoms with Crippen LogP contribution in [0.4, 0.5) is 39.0 Å². The molecule has 0 amide bonds. The van der Waals surface area contributed by atoms with Gasteiger partial charge in [0.1, 0.15) is 17.7 Å². The lowest BCUT2D eigenvalue weighted by molar-refractivity contribution is -0.136. The number of halogens is 6. The molecule has 4 rings (SSSR count). The largest absolute Gasteiger partial charge is 0.418 e. The lowest BCUT2D eigenvalue weighted by Gasteiger charge is -2.17. The van der Waals surface area contributed by atoms with Gasteiger partial charge in [-0.1, -0.05) is 29.8 Å². The molecule has 1 heterocycles. The van der Waals surface area contributed by atoms with Gasteiger partial charge in [-0.15, -0.1) is 0 Å². The van der Waals surface area contributed by atoms with Crippen molar-refractivity contribution in [2.45, 2.75) is 12.7 Å². The minimum atomic E-state index is -4.76. The average Bonchev–Trinajstić information content (AvgIpc) is 2.80. The Morgan fingerprint density at radius 3 is 2.41 bits per heavy atom. The van der Waals surface area contributed by atoms with E-state index in [9.17, 15) is 27.2 Å². The minimum absolute atomic E-state index is 0.00893. The second-order valence-corrected chi connectivity index (χ2v) is 7.68. The highest BCUT2D eigenvalue weighted by Gasteiger charge is 2.34. The van der Waals surface area contributed by atoms with E-state index in [0.29, 0.717) is 0 Å². The second-order valence-electron chi connectivity index (χ2n) is 7.28. The number of alkyl halides is 3. The summed E-state index contributed by atoms with van der Waals surface area (Å²) >= 11 is 5.81. The predicted octanol–water partition coefficient (Wildman–Crippen LogP) is 7.41. The SMILES string of the molecule is N#Cc1cnc2c(C(F)(F)F)cc(NCc3ccccc3F)cc2c1Nc1ccc(F)c(Cl)c1. The van der Waals surface area contributed by atoms with Crippen molar-refractivity contribution in [3.63, 3.8) is 0 Å². The number of hydrogen-bond donors (Lipinski definition) is 2. The molecule has 0 fully saturated rings. The Bertz CT molecular complexity index is 1430. The summed E-state index contributed by atoms with van der Waals surface area (Å²) < 4.78 is 69.2. The fourth-order valence-electron chi connectivity index (χ4n) is 3.40. The summed E-state index contributed by atoms with van der Waals surface area (Å²) in [5.41, 5.74) is -0.861. The first-order valence-corrected chi connectivity index (χ1v) is 10.2. The fourth-order valence-corrected chi connectivity index (χ4v) is 3.58. The number of hydrogen-bond acceptors (Lipinski definition) is 4. The summed E-state index contributed by atoms with van der Waals surface area (Å²) in [6.07, 6.45) is -3.73. The van der Waals surface area contributed by atoms with E-state index in [-0.39, 0.29) is 45.1 Å². The molecular weight excluding hydrogens is 475 g/mol. The first-order valence-electron chi connectivity index (χ1n) is 9.81. The van der Waals surface area contributed by atoms with Gasteiger partial charge >= 0.3 is 6.18 Å². The summed E-state index contributed by atoms with van der Waals surface area (Å²) in [7, 11) is 0. The van der Waals surface area contributed by atoms with Gasteiger partial charge in [-0.05, 0) is 36.4 Å². The van der Waals surface area contributed by atoms with Crippen LogP contribution in [0.25, 0.3) is 10.9 Å². The van der Waals surface area contributed by atoms with E-state index in [4.69, 9.17) is 11.6 Å². The van der Waals surface area contributed by atoms with E-state index in [1.165, 1.54) is 36.4 Å². The van der Waals surface area contributed by atoms with Crippen molar-refractivity contribution >= 4 is 39.6 Å². The smallest absolute Gasteiger partial charge is 0.381 e. The van der Waals surface area contributed by atoms with Gasteiger partial charge in [0.25, 0.3) is 0 Å². The van der Waals surface area contributed by atoms with Crippen LogP contribution in [0.3, 0.4) is 0 Å². The number of nitrogens with zero attached hydrogens (tertiary/aromatic N) is 2. The highest BCUT2D eigenvalue weighted by Crippen LogP contribution is 2.40. The van der Waals surface area contributed by atoms with Gasteiger partial charge in [0.15, 0.2) is 0 Å². The van der Waals surface area contributed by atoms with Crippen molar-refractivity contribution in [2.24, 2.45) is 0 Å². The Labute approximate surface area is 195 Å². The van der Waals surface area contributed by atoms with Crippen molar-refractivity contribution in [2.75, 3.05) is 10.6 Å². The maximum atomic E-state index is 14.0. The van der Waals surface area contributed by atoms with Gasteiger partial charge in [-0.2, -0.15) is 18.4 Å². The van der Waals surface area contributed by atoms with Crippen molar-refractivity contribution < 1.29 is 22.0 Å².